The predicted octanol–water partition coefficient (Wildman–Crippen LogP) is 4.60. The SMILES string of the molecule is O=[N+]([O-])c1cccc(CN2CCC(Cc3cccc4cnccc34)CC2)c1. The average molecular weight is 361 g/mol. The first-order chi connectivity index (χ1) is 13.2. The van der Waals surface area contributed by atoms with Crippen molar-refractivity contribution in [2.24, 2.45) is 5.92 Å². The highest BCUT2D eigenvalue weighted by molar-refractivity contribution is 5.84. The second kappa shape index (κ2) is 7.84. The number of piperidine rings is 1. The maximum Gasteiger partial charge on any atom is 0.269 e. The smallest absolute Gasteiger partial charge is 0.269 e. The number of rotatable bonds is 5. The molecule has 0 atom stereocenters. The minimum Gasteiger partial charge on any atom is -0.299 e. The van der Waals surface area contributed by atoms with Crippen LogP contribution in [0.5, 0.6) is 0 Å². The first-order valence-corrected chi connectivity index (χ1v) is 9.46. The van der Waals surface area contributed by atoms with Gasteiger partial charge in [-0.15, -0.1) is 0 Å². The Morgan fingerprint density at radius 1 is 1.11 bits per heavy atom. The lowest BCUT2D eigenvalue weighted by atomic mass is 9.88. The van der Waals surface area contributed by atoms with Crippen LogP contribution in [-0.4, -0.2) is 27.9 Å². The van der Waals surface area contributed by atoms with Crippen molar-refractivity contribution in [2.75, 3.05) is 13.1 Å². The van der Waals surface area contributed by atoms with Gasteiger partial charge in [-0.2, -0.15) is 0 Å². The van der Waals surface area contributed by atoms with E-state index in [1.54, 1.807) is 18.2 Å². The number of hydrogen-bond donors (Lipinski definition) is 0. The molecule has 138 valence electrons. The Morgan fingerprint density at radius 3 is 2.74 bits per heavy atom. The number of hydrogen-bond acceptors (Lipinski definition) is 4. The van der Waals surface area contributed by atoms with Crippen molar-refractivity contribution in [2.45, 2.75) is 25.8 Å². The molecule has 1 aliphatic heterocycles. The zero-order chi connectivity index (χ0) is 18.6. The number of pyridine rings is 1. The average Bonchev–Trinajstić information content (AvgIpc) is 2.70. The number of likely N-dealkylation sites (tertiary alicyclic amines) is 1. The van der Waals surface area contributed by atoms with Crippen LogP contribution in [0, 0.1) is 16.0 Å². The summed E-state index contributed by atoms with van der Waals surface area (Å²) in [7, 11) is 0. The van der Waals surface area contributed by atoms with Crippen molar-refractivity contribution in [3.8, 4) is 0 Å². The van der Waals surface area contributed by atoms with Crippen molar-refractivity contribution in [1.82, 2.24) is 9.88 Å². The van der Waals surface area contributed by atoms with E-state index in [4.69, 9.17) is 0 Å². The second-order valence-electron chi connectivity index (χ2n) is 7.36. The topological polar surface area (TPSA) is 59.3 Å². The number of fused-ring (bicyclic) bond motifs is 1. The zero-order valence-electron chi connectivity index (χ0n) is 15.3. The maximum absolute atomic E-state index is 10.9. The summed E-state index contributed by atoms with van der Waals surface area (Å²) in [4.78, 5) is 17.2. The summed E-state index contributed by atoms with van der Waals surface area (Å²) in [6.07, 6.45) is 7.23. The Bertz CT molecular complexity index is 944. The van der Waals surface area contributed by atoms with Gasteiger partial charge in [0, 0.05) is 36.5 Å². The Labute approximate surface area is 158 Å². The van der Waals surface area contributed by atoms with Gasteiger partial charge in [0.1, 0.15) is 0 Å². The molecule has 0 spiro atoms. The summed E-state index contributed by atoms with van der Waals surface area (Å²) in [5, 5.41) is 13.5. The Kier molecular flexibility index (Phi) is 5.12. The molecule has 3 aromatic rings. The number of nitrogens with zero attached hydrogens (tertiary/aromatic N) is 3. The Morgan fingerprint density at radius 2 is 1.93 bits per heavy atom. The molecule has 0 bridgehead atoms. The molecule has 1 aliphatic rings. The highest BCUT2D eigenvalue weighted by atomic mass is 16.6. The van der Waals surface area contributed by atoms with E-state index in [0.717, 1.165) is 44.5 Å². The van der Waals surface area contributed by atoms with Crippen LogP contribution >= 0.6 is 0 Å². The van der Waals surface area contributed by atoms with E-state index in [2.05, 4.69) is 34.1 Å². The number of non-ortho nitro benzene ring substituents is 1. The van der Waals surface area contributed by atoms with E-state index < -0.39 is 0 Å². The highest BCUT2D eigenvalue weighted by Crippen LogP contribution is 2.27. The molecule has 0 saturated carbocycles. The van der Waals surface area contributed by atoms with Crippen LogP contribution in [0.4, 0.5) is 5.69 Å². The molecule has 0 aliphatic carbocycles. The van der Waals surface area contributed by atoms with Crippen molar-refractivity contribution in [3.63, 3.8) is 0 Å². The van der Waals surface area contributed by atoms with Gasteiger partial charge in [0.05, 0.1) is 4.92 Å². The van der Waals surface area contributed by atoms with Gasteiger partial charge in [-0.3, -0.25) is 20.0 Å². The Hall–Kier alpha value is -2.79. The third kappa shape index (κ3) is 4.14. The van der Waals surface area contributed by atoms with Crippen LogP contribution in [0.15, 0.2) is 60.9 Å². The lowest BCUT2D eigenvalue weighted by Crippen LogP contribution is -2.33. The standard InChI is InChI=1S/C22H23N3O2/c26-25(27)21-6-1-3-18(14-21)16-24-11-8-17(9-12-24)13-19-4-2-5-20-15-23-10-7-22(19)20/h1-7,10,14-15,17H,8-9,11-13,16H2. The molecule has 2 heterocycles. The molecule has 4 rings (SSSR count). The van der Waals surface area contributed by atoms with Crippen LogP contribution in [0.2, 0.25) is 0 Å². The van der Waals surface area contributed by atoms with Crippen molar-refractivity contribution in [3.05, 3.63) is 82.2 Å². The quantitative estimate of drug-likeness (QED) is 0.492. The molecule has 0 radical (unpaired) electrons. The third-order valence-electron chi connectivity index (χ3n) is 5.51. The summed E-state index contributed by atoms with van der Waals surface area (Å²) < 4.78 is 0. The van der Waals surface area contributed by atoms with E-state index >= 15 is 0 Å². The predicted molar refractivity (Wildman–Crippen MR) is 107 cm³/mol. The molecule has 27 heavy (non-hydrogen) atoms. The van der Waals surface area contributed by atoms with Gasteiger partial charge in [-0.1, -0.05) is 30.3 Å². The lowest BCUT2D eigenvalue weighted by molar-refractivity contribution is -0.384. The van der Waals surface area contributed by atoms with Gasteiger partial charge in [0.15, 0.2) is 0 Å². The lowest BCUT2D eigenvalue weighted by Gasteiger charge is -2.32. The second-order valence-corrected chi connectivity index (χ2v) is 7.36. The monoisotopic (exact) mass is 361 g/mol. The fraction of sp³-hybridized carbons (Fsp3) is 0.318. The van der Waals surface area contributed by atoms with Crippen LogP contribution in [0.25, 0.3) is 10.8 Å². The Balaban J connectivity index is 1.36. The van der Waals surface area contributed by atoms with E-state index in [9.17, 15) is 10.1 Å². The van der Waals surface area contributed by atoms with E-state index in [-0.39, 0.29) is 10.6 Å². The van der Waals surface area contributed by atoms with E-state index in [1.807, 2.05) is 18.5 Å². The van der Waals surface area contributed by atoms with E-state index in [0.29, 0.717) is 5.92 Å². The fourth-order valence-electron chi connectivity index (χ4n) is 4.05. The molecular weight excluding hydrogens is 338 g/mol. The van der Waals surface area contributed by atoms with Gasteiger partial charge in [-0.05, 0) is 60.8 Å². The van der Waals surface area contributed by atoms with Gasteiger partial charge >= 0.3 is 0 Å². The molecule has 1 fully saturated rings. The molecule has 0 N–H and O–H groups in total. The molecule has 5 heteroatoms. The molecule has 0 amide bonds. The minimum atomic E-state index is -0.324. The van der Waals surface area contributed by atoms with Gasteiger partial charge in [0.25, 0.3) is 5.69 Å². The number of nitro groups is 1. The third-order valence-corrected chi connectivity index (χ3v) is 5.51. The molecule has 1 saturated heterocycles. The molecular formula is C22H23N3O2. The zero-order valence-corrected chi connectivity index (χ0v) is 15.3. The molecule has 5 nitrogen and oxygen atoms in total. The number of aromatic nitrogens is 1. The number of benzene rings is 2. The van der Waals surface area contributed by atoms with Crippen molar-refractivity contribution < 1.29 is 4.92 Å². The first-order valence-electron chi connectivity index (χ1n) is 9.46. The van der Waals surface area contributed by atoms with Crippen LogP contribution in [0.3, 0.4) is 0 Å². The maximum atomic E-state index is 10.9. The number of nitro benzene ring substituents is 1. The summed E-state index contributed by atoms with van der Waals surface area (Å²) >= 11 is 0. The van der Waals surface area contributed by atoms with Crippen molar-refractivity contribution >= 4 is 16.5 Å². The summed E-state index contributed by atoms with van der Waals surface area (Å²) in [5.74, 6) is 0.685. The van der Waals surface area contributed by atoms with Crippen LogP contribution in [-0.2, 0) is 13.0 Å². The first kappa shape index (κ1) is 17.6. The van der Waals surface area contributed by atoms with Gasteiger partial charge in [-0.25, -0.2) is 0 Å². The molecule has 1 aromatic heterocycles. The van der Waals surface area contributed by atoms with Crippen LogP contribution in [0.1, 0.15) is 24.0 Å². The van der Waals surface area contributed by atoms with Crippen LogP contribution < -0.4 is 0 Å². The van der Waals surface area contributed by atoms with Gasteiger partial charge < -0.3 is 0 Å². The molecule has 0 unspecified atom stereocenters. The van der Waals surface area contributed by atoms with E-state index in [1.165, 1.54) is 16.3 Å². The summed E-state index contributed by atoms with van der Waals surface area (Å²) in [6.45, 7) is 2.87. The van der Waals surface area contributed by atoms with Crippen molar-refractivity contribution in [1.29, 1.82) is 0 Å². The summed E-state index contributed by atoms with van der Waals surface area (Å²) in [5.41, 5.74) is 2.60. The minimum absolute atomic E-state index is 0.174. The summed E-state index contributed by atoms with van der Waals surface area (Å²) in [6, 6.07) is 15.6. The fourth-order valence-corrected chi connectivity index (χ4v) is 4.05. The normalized spacial score (nSPS) is 15.9. The largest absolute Gasteiger partial charge is 0.299 e. The van der Waals surface area contributed by atoms with Gasteiger partial charge in [0.2, 0.25) is 0 Å². The molecule has 2 aromatic carbocycles. The highest BCUT2D eigenvalue weighted by Gasteiger charge is 2.20.